The molecule has 0 radical (unpaired) electrons. The van der Waals surface area contributed by atoms with Crippen LogP contribution in [0.1, 0.15) is 47.7 Å². The van der Waals surface area contributed by atoms with Crippen LogP contribution in [0.5, 0.6) is 5.88 Å². The first-order valence-corrected chi connectivity index (χ1v) is 10.1. The molecule has 1 N–H and O–H groups in total. The van der Waals surface area contributed by atoms with Crippen molar-refractivity contribution in [3.63, 3.8) is 0 Å². The molecule has 3 aromatic rings. The van der Waals surface area contributed by atoms with Crippen LogP contribution in [0.3, 0.4) is 0 Å². The van der Waals surface area contributed by atoms with Crippen LogP contribution in [0.2, 0.25) is 5.02 Å². The number of carboxylic acid groups (broad SMARTS) is 1. The van der Waals surface area contributed by atoms with E-state index in [0.717, 1.165) is 29.2 Å². The molecule has 1 aromatic heterocycles. The fraction of sp³-hybridized carbons (Fsp3) is 0.167. The Labute approximate surface area is 212 Å². The number of carboxylic acids is 1. The van der Waals surface area contributed by atoms with Crippen molar-refractivity contribution in [2.45, 2.75) is 25.9 Å². The molecular formula is C24H19ClF2NNaO3. The second-order valence-electron chi connectivity index (χ2n) is 7.27. The van der Waals surface area contributed by atoms with E-state index in [1.807, 2.05) is 0 Å². The van der Waals surface area contributed by atoms with Crippen LogP contribution < -0.4 is 34.3 Å². The van der Waals surface area contributed by atoms with Crippen LogP contribution in [-0.2, 0) is 6.61 Å². The monoisotopic (exact) mass is 465 g/mol. The molecule has 32 heavy (non-hydrogen) atoms. The molecule has 1 heterocycles. The van der Waals surface area contributed by atoms with E-state index >= 15 is 0 Å². The SMILES string of the molecule is O=C(O)c1cc(F)cc(C2=C(c3cc(Cl)cnc3OCc3ccc(F)cc3)CCC2)c1.[H-].[Na+]. The van der Waals surface area contributed by atoms with Crippen molar-refractivity contribution in [1.82, 2.24) is 4.98 Å². The van der Waals surface area contributed by atoms with E-state index in [4.69, 9.17) is 16.3 Å². The molecule has 1 aliphatic rings. The van der Waals surface area contributed by atoms with Gasteiger partial charge in [0, 0.05) is 11.8 Å². The van der Waals surface area contributed by atoms with Gasteiger partial charge in [-0.2, -0.15) is 0 Å². The Morgan fingerprint density at radius 1 is 1.06 bits per heavy atom. The first-order valence-electron chi connectivity index (χ1n) is 9.70. The molecule has 8 heteroatoms. The predicted molar refractivity (Wildman–Crippen MR) is 115 cm³/mol. The first-order chi connectivity index (χ1) is 14.9. The van der Waals surface area contributed by atoms with Crippen molar-refractivity contribution >= 4 is 28.7 Å². The summed E-state index contributed by atoms with van der Waals surface area (Å²) in [7, 11) is 0. The zero-order valence-corrected chi connectivity index (χ0v) is 20.1. The number of aromatic nitrogens is 1. The average Bonchev–Trinajstić information content (AvgIpc) is 3.23. The Morgan fingerprint density at radius 2 is 1.78 bits per heavy atom. The number of allylic oxidation sites excluding steroid dienone is 2. The second-order valence-corrected chi connectivity index (χ2v) is 7.70. The molecule has 4 rings (SSSR count). The van der Waals surface area contributed by atoms with Gasteiger partial charge in [0.25, 0.3) is 0 Å². The molecule has 160 valence electrons. The molecule has 0 aliphatic heterocycles. The first kappa shape index (κ1) is 24.4. The van der Waals surface area contributed by atoms with Crippen LogP contribution in [0.4, 0.5) is 8.78 Å². The van der Waals surface area contributed by atoms with Crippen LogP contribution >= 0.6 is 11.6 Å². The van der Waals surface area contributed by atoms with Crippen molar-refractivity contribution in [1.29, 1.82) is 0 Å². The molecular weight excluding hydrogens is 447 g/mol. The van der Waals surface area contributed by atoms with Crippen LogP contribution in [0.25, 0.3) is 11.1 Å². The average molecular weight is 466 g/mol. The van der Waals surface area contributed by atoms with Gasteiger partial charge in [-0.05, 0) is 77.9 Å². The summed E-state index contributed by atoms with van der Waals surface area (Å²) in [6.45, 7) is 0.188. The van der Waals surface area contributed by atoms with E-state index in [1.165, 1.54) is 30.5 Å². The van der Waals surface area contributed by atoms with Gasteiger partial charge in [0.1, 0.15) is 18.2 Å². The Kier molecular flexibility index (Phi) is 8.06. The fourth-order valence-corrected chi connectivity index (χ4v) is 3.90. The minimum atomic E-state index is -1.19. The number of carbonyl (C=O) groups is 1. The third-order valence-corrected chi connectivity index (χ3v) is 5.35. The van der Waals surface area contributed by atoms with Crippen LogP contribution in [0, 0.1) is 11.6 Å². The standard InChI is InChI=1S/C24H18ClF2NO3.Na.H/c25-17-11-22(23(28-12-17)31-13-14-4-6-18(26)7-5-14)21-3-1-2-20(21)15-8-16(24(29)30)10-19(27)9-15;;/h4-12H,1-3,13H2,(H,29,30);;/q;+1;-1. The molecule has 0 saturated heterocycles. The van der Waals surface area contributed by atoms with E-state index in [1.54, 1.807) is 18.2 Å². The van der Waals surface area contributed by atoms with Gasteiger partial charge in [-0.25, -0.2) is 18.6 Å². The van der Waals surface area contributed by atoms with Crippen molar-refractivity contribution in [3.8, 4) is 5.88 Å². The third-order valence-electron chi connectivity index (χ3n) is 5.14. The van der Waals surface area contributed by atoms with Gasteiger partial charge >= 0.3 is 35.5 Å². The maximum Gasteiger partial charge on any atom is 1.00 e. The number of hydrogen-bond acceptors (Lipinski definition) is 3. The second kappa shape index (κ2) is 10.6. The number of halogens is 3. The Bertz CT molecular complexity index is 1190. The zero-order valence-electron chi connectivity index (χ0n) is 18.4. The molecule has 0 fully saturated rings. The van der Waals surface area contributed by atoms with Crippen molar-refractivity contribution in [2.24, 2.45) is 0 Å². The van der Waals surface area contributed by atoms with Crippen LogP contribution in [0.15, 0.2) is 54.7 Å². The maximum absolute atomic E-state index is 14.1. The molecule has 0 saturated carbocycles. The zero-order chi connectivity index (χ0) is 22.0. The summed E-state index contributed by atoms with van der Waals surface area (Å²) >= 11 is 6.20. The number of aromatic carboxylic acids is 1. The molecule has 1 aliphatic carbocycles. The normalized spacial score (nSPS) is 13.1. The van der Waals surface area contributed by atoms with Crippen molar-refractivity contribution < 1.29 is 54.4 Å². The summed E-state index contributed by atoms with van der Waals surface area (Å²) < 4.78 is 33.1. The Hall–Kier alpha value is -2.25. The van der Waals surface area contributed by atoms with Gasteiger partial charge in [0.05, 0.1) is 10.6 Å². The Morgan fingerprint density at radius 3 is 2.50 bits per heavy atom. The molecule has 0 atom stereocenters. The number of pyridine rings is 1. The van der Waals surface area contributed by atoms with Gasteiger partial charge in [-0.15, -0.1) is 0 Å². The number of ether oxygens (including phenoxy) is 1. The minimum Gasteiger partial charge on any atom is -1.00 e. The molecule has 0 spiro atoms. The van der Waals surface area contributed by atoms with E-state index in [9.17, 15) is 18.7 Å². The van der Waals surface area contributed by atoms with Gasteiger partial charge in [0.2, 0.25) is 5.88 Å². The van der Waals surface area contributed by atoms with Gasteiger partial charge in [-0.1, -0.05) is 23.7 Å². The quantitative estimate of drug-likeness (QED) is 0.566. The fourth-order valence-electron chi connectivity index (χ4n) is 3.74. The van der Waals surface area contributed by atoms with Crippen molar-refractivity contribution in [3.05, 3.63) is 93.6 Å². The molecule has 0 bridgehead atoms. The molecule has 0 amide bonds. The molecule has 0 unspecified atom stereocenters. The van der Waals surface area contributed by atoms with Gasteiger partial charge in [-0.3, -0.25) is 0 Å². The van der Waals surface area contributed by atoms with E-state index in [2.05, 4.69) is 4.98 Å². The van der Waals surface area contributed by atoms with Crippen LogP contribution in [-0.4, -0.2) is 16.1 Å². The van der Waals surface area contributed by atoms with E-state index in [0.29, 0.717) is 34.9 Å². The summed E-state index contributed by atoms with van der Waals surface area (Å²) in [5.41, 5.74) is 3.62. The Balaban J connectivity index is 0.00000193. The van der Waals surface area contributed by atoms with E-state index < -0.39 is 11.8 Å². The molecule has 4 nitrogen and oxygen atoms in total. The number of nitrogens with zero attached hydrogens (tertiary/aromatic N) is 1. The third kappa shape index (κ3) is 5.56. The largest absolute Gasteiger partial charge is 1.00 e. The number of benzene rings is 2. The number of rotatable bonds is 6. The summed E-state index contributed by atoms with van der Waals surface area (Å²) in [5, 5.41) is 9.71. The summed E-state index contributed by atoms with van der Waals surface area (Å²) in [4.78, 5) is 15.7. The predicted octanol–water partition coefficient (Wildman–Crippen LogP) is 3.50. The summed E-state index contributed by atoms with van der Waals surface area (Å²) in [6.07, 6.45) is 3.67. The summed E-state index contributed by atoms with van der Waals surface area (Å²) in [5.74, 6) is -1.76. The number of hydrogen-bond donors (Lipinski definition) is 1. The topological polar surface area (TPSA) is 59.4 Å². The smallest absolute Gasteiger partial charge is 1.00 e. The van der Waals surface area contributed by atoms with Gasteiger partial charge < -0.3 is 11.3 Å². The van der Waals surface area contributed by atoms with E-state index in [-0.39, 0.29) is 49.0 Å². The summed E-state index contributed by atoms with van der Waals surface area (Å²) in [6, 6.07) is 11.5. The van der Waals surface area contributed by atoms with Gasteiger partial charge in [0.15, 0.2) is 0 Å². The minimum absolute atomic E-state index is 0. The molecule has 2 aromatic carbocycles. The maximum atomic E-state index is 14.1. The van der Waals surface area contributed by atoms with Crippen molar-refractivity contribution in [2.75, 3.05) is 0 Å².